The van der Waals surface area contributed by atoms with Gasteiger partial charge in [0.1, 0.15) is 11.9 Å². The maximum atomic E-state index is 14.0. The van der Waals surface area contributed by atoms with Crippen LogP contribution in [-0.4, -0.2) is 60.9 Å². The van der Waals surface area contributed by atoms with Crippen LogP contribution in [0.2, 0.25) is 0 Å². The molecule has 1 aromatic rings. The molecule has 2 unspecified atom stereocenters. The minimum absolute atomic E-state index is 0.0464. The van der Waals surface area contributed by atoms with Crippen molar-refractivity contribution in [2.75, 3.05) is 31.0 Å². The topological polar surface area (TPSA) is 80.5 Å². The summed E-state index contributed by atoms with van der Waals surface area (Å²) in [6.45, 7) is 6.60. The highest BCUT2D eigenvalue weighted by Gasteiger charge is 2.56. The number of rotatable bonds is 3. The van der Waals surface area contributed by atoms with Crippen LogP contribution in [0, 0.1) is 29.0 Å². The zero-order chi connectivity index (χ0) is 21.0. The smallest absolute Gasteiger partial charge is 0.300 e. The van der Waals surface area contributed by atoms with Gasteiger partial charge in [-0.1, -0.05) is 13.3 Å². The molecule has 158 valence electrons. The van der Waals surface area contributed by atoms with E-state index in [0.717, 1.165) is 37.2 Å². The molecule has 4 rings (SSSR count). The second-order valence-electron chi connectivity index (χ2n) is 9.00. The summed E-state index contributed by atoms with van der Waals surface area (Å²) in [5.41, 5.74) is -0.719. The lowest BCUT2D eigenvalue weighted by Gasteiger charge is -2.49. The van der Waals surface area contributed by atoms with E-state index in [4.69, 9.17) is 0 Å². The third-order valence-corrected chi connectivity index (χ3v) is 9.12. The third kappa shape index (κ3) is 3.31. The Kier molecular flexibility index (Phi) is 5.08. The molecule has 3 fully saturated rings. The lowest BCUT2D eigenvalue weighted by Crippen LogP contribution is -2.59. The second kappa shape index (κ2) is 7.18. The van der Waals surface area contributed by atoms with Gasteiger partial charge in [-0.3, -0.25) is 0 Å². The molecule has 9 heteroatoms. The Balaban J connectivity index is 1.67. The monoisotopic (exact) mass is 421 g/mol. The van der Waals surface area contributed by atoms with E-state index in [9.17, 15) is 18.1 Å². The molecule has 0 bridgehead atoms. The van der Waals surface area contributed by atoms with Crippen molar-refractivity contribution in [2.45, 2.75) is 51.1 Å². The molecule has 0 aromatic carbocycles. The summed E-state index contributed by atoms with van der Waals surface area (Å²) in [6, 6.07) is 3.25. The predicted molar refractivity (Wildman–Crippen MR) is 108 cm³/mol. The van der Waals surface area contributed by atoms with Crippen LogP contribution < -0.4 is 4.31 Å². The predicted octanol–water partition coefficient (Wildman–Crippen LogP) is 2.36. The Morgan fingerprint density at radius 3 is 2.72 bits per heavy atom. The largest absolute Gasteiger partial charge is 0.304 e. The van der Waals surface area contributed by atoms with Gasteiger partial charge in [-0.25, -0.2) is 13.7 Å². The molecule has 2 saturated heterocycles. The van der Waals surface area contributed by atoms with E-state index in [1.54, 1.807) is 7.05 Å². The Morgan fingerprint density at radius 2 is 2.14 bits per heavy atom. The first kappa shape index (κ1) is 20.5. The average molecular weight is 422 g/mol. The van der Waals surface area contributed by atoms with Crippen LogP contribution >= 0.6 is 0 Å². The van der Waals surface area contributed by atoms with Gasteiger partial charge in [0.15, 0.2) is 5.69 Å². The maximum Gasteiger partial charge on any atom is 0.304 e. The molecule has 3 aliphatic rings. The molecule has 0 radical (unpaired) electrons. The normalized spacial score (nSPS) is 34.9. The molecule has 0 amide bonds. The number of anilines is 1. The van der Waals surface area contributed by atoms with Crippen LogP contribution in [-0.2, 0) is 10.2 Å². The molecule has 0 N–H and O–H groups in total. The van der Waals surface area contributed by atoms with Gasteiger partial charge >= 0.3 is 10.2 Å². The van der Waals surface area contributed by atoms with Gasteiger partial charge < -0.3 is 4.90 Å². The number of halogens is 1. The van der Waals surface area contributed by atoms with Crippen LogP contribution in [0.4, 0.5) is 10.1 Å². The molecule has 2 aliphatic heterocycles. The van der Waals surface area contributed by atoms with Crippen LogP contribution in [0.15, 0.2) is 12.3 Å². The highest BCUT2D eigenvalue weighted by Crippen LogP contribution is 2.45. The molecular formula is C20H28FN5O2S. The van der Waals surface area contributed by atoms with Gasteiger partial charge in [0.05, 0.1) is 17.4 Å². The highest BCUT2D eigenvalue weighted by atomic mass is 32.2. The Hall–Kier alpha value is -1.76. The van der Waals surface area contributed by atoms with E-state index in [0.29, 0.717) is 19.4 Å². The standard InChI is InChI=1S/C20H28FN5O2S/c1-14-4-5-16(14)12-25-7-6-20(9-15(25)2)13-24(3)29(27,28)26(20)19-8-17(21)11-23-18(19)10-22/h8,11,14-16H,4-7,9,12-13H2,1-3H3/t14?,15-,16?,20+/m0/s1. The van der Waals surface area contributed by atoms with Crippen molar-refractivity contribution < 1.29 is 12.8 Å². The van der Waals surface area contributed by atoms with Gasteiger partial charge in [-0.15, -0.1) is 0 Å². The number of likely N-dealkylation sites (tertiary alicyclic amines) is 1. The van der Waals surface area contributed by atoms with E-state index >= 15 is 0 Å². The molecule has 1 saturated carbocycles. The fraction of sp³-hybridized carbons (Fsp3) is 0.700. The van der Waals surface area contributed by atoms with Crippen LogP contribution in [0.3, 0.4) is 0 Å². The molecule has 4 atom stereocenters. The van der Waals surface area contributed by atoms with Crippen molar-refractivity contribution in [2.24, 2.45) is 11.8 Å². The Bertz CT molecular complexity index is 949. The first-order valence-electron chi connectivity index (χ1n) is 10.2. The number of nitriles is 1. The Morgan fingerprint density at radius 1 is 1.38 bits per heavy atom. The third-order valence-electron chi connectivity index (χ3n) is 7.16. The number of hydrogen-bond acceptors (Lipinski definition) is 5. The van der Waals surface area contributed by atoms with Crippen molar-refractivity contribution in [3.63, 3.8) is 0 Å². The van der Waals surface area contributed by atoms with E-state index in [-0.39, 0.29) is 17.4 Å². The Labute approximate surface area is 172 Å². The first-order valence-corrected chi connectivity index (χ1v) is 11.6. The summed E-state index contributed by atoms with van der Waals surface area (Å²) in [5.74, 6) is 0.822. The van der Waals surface area contributed by atoms with Gasteiger partial charge in [-0.2, -0.15) is 18.0 Å². The summed E-state index contributed by atoms with van der Waals surface area (Å²) in [5, 5.41) is 9.47. The number of pyridine rings is 1. The number of hydrogen-bond donors (Lipinski definition) is 0. The summed E-state index contributed by atoms with van der Waals surface area (Å²) < 4.78 is 43.0. The minimum Gasteiger partial charge on any atom is -0.300 e. The lowest BCUT2D eigenvalue weighted by atomic mass is 9.73. The zero-order valence-corrected chi connectivity index (χ0v) is 18.0. The highest BCUT2D eigenvalue weighted by molar-refractivity contribution is 7.90. The number of likely N-dealkylation sites (N-methyl/N-ethyl adjacent to an activating group) is 1. The molecule has 3 heterocycles. The van der Waals surface area contributed by atoms with Crippen molar-refractivity contribution in [3.05, 3.63) is 23.8 Å². The second-order valence-corrected chi connectivity index (χ2v) is 10.9. The number of nitrogens with zero attached hydrogens (tertiary/aromatic N) is 5. The quantitative estimate of drug-likeness (QED) is 0.748. The minimum atomic E-state index is -3.85. The van der Waals surface area contributed by atoms with Crippen molar-refractivity contribution in [1.29, 1.82) is 5.26 Å². The maximum absolute atomic E-state index is 14.0. The summed E-state index contributed by atoms with van der Waals surface area (Å²) in [7, 11) is -2.31. The number of aromatic nitrogens is 1. The van der Waals surface area contributed by atoms with E-state index in [1.165, 1.54) is 21.5 Å². The fourth-order valence-corrected chi connectivity index (χ4v) is 7.04. The van der Waals surface area contributed by atoms with Crippen LogP contribution in [0.25, 0.3) is 0 Å². The molecule has 1 spiro atoms. The first-order chi connectivity index (χ1) is 13.7. The van der Waals surface area contributed by atoms with Gasteiger partial charge in [-0.05, 0) is 38.0 Å². The van der Waals surface area contributed by atoms with Gasteiger partial charge in [0.2, 0.25) is 0 Å². The average Bonchev–Trinajstić information content (AvgIpc) is 2.84. The van der Waals surface area contributed by atoms with Crippen molar-refractivity contribution in [1.82, 2.24) is 14.2 Å². The van der Waals surface area contributed by atoms with Crippen molar-refractivity contribution >= 4 is 15.9 Å². The zero-order valence-electron chi connectivity index (χ0n) is 17.2. The van der Waals surface area contributed by atoms with Gasteiger partial charge in [0, 0.05) is 38.8 Å². The van der Waals surface area contributed by atoms with Crippen LogP contribution in [0.1, 0.15) is 45.2 Å². The van der Waals surface area contributed by atoms with E-state index < -0.39 is 21.6 Å². The van der Waals surface area contributed by atoms with E-state index in [1.807, 2.05) is 6.07 Å². The van der Waals surface area contributed by atoms with E-state index in [2.05, 4.69) is 23.7 Å². The summed E-state index contributed by atoms with van der Waals surface area (Å²) in [6.07, 6.45) is 4.78. The summed E-state index contributed by atoms with van der Waals surface area (Å²) in [4.78, 5) is 6.30. The molecule has 1 aliphatic carbocycles. The molecule has 1 aromatic heterocycles. The molecule has 29 heavy (non-hydrogen) atoms. The number of piperidine rings is 1. The SMILES string of the molecule is CC1CCC1CN1CC[C@@]2(C[C@@H]1C)CN(C)S(=O)(=O)N2c1cc(F)cnc1C#N. The van der Waals surface area contributed by atoms with Gasteiger partial charge in [0.25, 0.3) is 0 Å². The fourth-order valence-electron chi connectivity index (χ4n) is 5.25. The lowest BCUT2D eigenvalue weighted by molar-refractivity contribution is 0.0528. The summed E-state index contributed by atoms with van der Waals surface area (Å²) >= 11 is 0. The molecule has 7 nitrogen and oxygen atoms in total. The molecular weight excluding hydrogens is 393 g/mol. The van der Waals surface area contributed by atoms with Crippen molar-refractivity contribution in [3.8, 4) is 6.07 Å². The van der Waals surface area contributed by atoms with Crippen LogP contribution in [0.5, 0.6) is 0 Å².